The molecule has 0 atom stereocenters. The molecule has 7 rings (SSSR count). The molecule has 3 nitrogen and oxygen atoms in total. The molecule has 0 radical (unpaired) electrons. The van der Waals surface area contributed by atoms with Gasteiger partial charge in [0.05, 0.1) is 16.7 Å². The van der Waals surface area contributed by atoms with Gasteiger partial charge in [-0.3, -0.25) is 4.98 Å². The lowest BCUT2D eigenvalue weighted by molar-refractivity contribution is 0.418. The molecule has 0 bridgehead atoms. The van der Waals surface area contributed by atoms with E-state index in [1.807, 2.05) is 24.4 Å². The fourth-order valence-electron chi connectivity index (χ4n) is 5.37. The average molecular weight is 465 g/mol. The van der Waals surface area contributed by atoms with Crippen LogP contribution in [0, 0.1) is 0 Å². The van der Waals surface area contributed by atoms with Crippen LogP contribution in [-0.2, 0) is 5.41 Å². The van der Waals surface area contributed by atoms with E-state index in [1.54, 1.807) is 0 Å². The predicted molar refractivity (Wildman–Crippen MR) is 147 cm³/mol. The molecule has 6 aromatic rings. The number of hydrogen-bond donors (Lipinski definition) is 0. The van der Waals surface area contributed by atoms with Crippen LogP contribution in [0.3, 0.4) is 0 Å². The molecule has 0 amide bonds. The Morgan fingerprint density at radius 2 is 1.33 bits per heavy atom. The first-order valence-corrected chi connectivity index (χ1v) is 12.3. The van der Waals surface area contributed by atoms with E-state index in [0.29, 0.717) is 0 Å². The fraction of sp³-hybridized carbons (Fsp3) is 0.0909. The van der Waals surface area contributed by atoms with Crippen molar-refractivity contribution in [2.45, 2.75) is 19.3 Å². The third-order valence-corrected chi connectivity index (χ3v) is 7.36. The highest BCUT2D eigenvalue weighted by Crippen LogP contribution is 2.48. The molecule has 0 spiro atoms. The summed E-state index contributed by atoms with van der Waals surface area (Å²) < 4.78 is 6.26. The van der Waals surface area contributed by atoms with E-state index in [1.165, 1.54) is 16.7 Å². The van der Waals surface area contributed by atoms with Gasteiger partial charge in [0.2, 0.25) is 0 Å². The van der Waals surface area contributed by atoms with Gasteiger partial charge in [-0.1, -0.05) is 80.6 Å². The second-order valence-electron chi connectivity index (χ2n) is 9.92. The first-order chi connectivity index (χ1) is 17.6. The van der Waals surface area contributed by atoms with Crippen molar-refractivity contribution >= 4 is 21.8 Å². The number of fused-ring (bicyclic) bond motifs is 5. The third-order valence-electron chi connectivity index (χ3n) is 7.36. The number of hydrogen-bond acceptors (Lipinski definition) is 3. The number of para-hydroxylation sites is 1. The molecule has 0 unspecified atom stereocenters. The third kappa shape index (κ3) is 3.20. The Kier molecular flexibility index (Phi) is 4.49. The molecule has 0 aliphatic carbocycles. The summed E-state index contributed by atoms with van der Waals surface area (Å²) in [6, 6.07) is 35.9. The molecular formula is C33H24N2O. The first-order valence-electron chi connectivity index (χ1n) is 12.3. The molecule has 1 aliphatic rings. The van der Waals surface area contributed by atoms with Crippen molar-refractivity contribution in [3.8, 4) is 33.9 Å². The van der Waals surface area contributed by atoms with E-state index in [9.17, 15) is 0 Å². The molecule has 0 N–H and O–H groups in total. The highest BCUT2D eigenvalue weighted by molar-refractivity contribution is 6.03. The van der Waals surface area contributed by atoms with Gasteiger partial charge in [-0.2, -0.15) is 0 Å². The van der Waals surface area contributed by atoms with Crippen molar-refractivity contribution in [3.63, 3.8) is 0 Å². The minimum absolute atomic E-state index is 0.147. The Balaban J connectivity index is 1.32. The zero-order valence-corrected chi connectivity index (χ0v) is 20.2. The number of benzene rings is 4. The van der Waals surface area contributed by atoms with Gasteiger partial charge in [0.15, 0.2) is 0 Å². The van der Waals surface area contributed by atoms with Gasteiger partial charge in [0, 0.05) is 39.1 Å². The summed E-state index contributed by atoms with van der Waals surface area (Å²) >= 11 is 0. The quantitative estimate of drug-likeness (QED) is 0.241. The van der Waals surface area contributed by atoms with E-state index in [-0.39, 0.29) is 5.41 Å². The SMILES string of the molecule is CC1(C)c2ccccc2Oc2ccc(-c3cccc(-c4ccc5ccc6cccnc6c5n4)c3)cc21. The van der Waals surface area contributed by atoms with Gasteiger partial charge in [-0.05, 0) is 47.5 Å². The van der Waals surface area contributed by atoms with Crippen molar-refractivity contribution in [1.82, 2.24) is 9.97 Å². The highest BCUT2D eigenvalue weighted by Gasteiger charge is 2.34. The van der Waals surface area contributed by atoms with E-state index in [0.717, 1.165) is 50.1 Å². The lowest BCUT2D eigenvalue weighted by Gasteiger charge is -2.34. The van der Waals surface area contributed by atoms with Gasteiger partial charge < -0.3 is 4.74 Å². The second-order valence-corrected chi connectivity index (χ2v) is 9.92. The Bertz CT molecular complexity index is 1800. The predicted octanol–water partition coefficient (Wildman–Crippen LogP) is 8.55. The summed E-state index contributed by atoms with van der Waals surface area (Å²) in [4.78, 5) is 9.65. The van der Waals surface area contributed by atoms with Crippen LogP contribution in [0.2, 0.25) is 0 Å². The smallest absolute Gasteiger partial charge is 0.131 e. The Hall–Kier alpha value is -4.50. The first kappa shape index (κ1) is 20.8. The maximum atomic E-state index is 6.26. The molecule has 2 aromatic heterocycles. The van der Waals surface area contributed by atoms with Crippen LogP contribution in [-0.4, -0.2) is 9.97 Å². The number of pyridine rings is 2. The normalized spacial score (nSPS) is 13.7. The van der Waals surface area contributed by atoms with Gasteiger partial charge in [-0.25, -0.2) is 4.98 Å². The molecule has 3 heterocycles. The highest BCUT2D eigenvalue weighted by atomic mass is 16.5. The lowest BCUT2D eigenvalue weighted by Crippen LogP contribution is -2.24. The van der Waals surface area contributed by atoms with Crippen molar-refractivity contribution in [1.29, 1.82) is 0 Å². The maximum Gasteiger partial charge on any atom is 0.131 e. The van der Waals surface area contributed by atoms with Gasteiger partial charge in [-0.15, -0.1) is 0 Å². The van der Waals surface area contributed by atoms with E-state index >= 15 is 0 Å². The van der Waals surface area contributed by atoms with E-state index < -0.39 is 0 Å². The standard InChI is InChI=1S/C33H24N2O/c1-33(2)26-10-3-4-11-29(26)36-30-17-15-24(20-27(30)33)23-7-5-8-25(19-23)28-16-14-22-13-12-21-9-6-18-34-31(21)32(22)35-28/h3-20H,1-2H3. The van der Waals surface area contributed by atoms with E-state index in [2.05, 4.69) is 104 Å². The Labute approximate surface area is 210 Å². The largest absolute Gasteiger partial charge is 0.457 e. The summed E-state index contributed by atoms with van der Waals surface area (Å²) in [5, 5.41) is 2.20. The average Bonchev–Trinajstić information content (AvgIpc) is 2.93. The Morgan fingerprint density at radius 3 is 2.25 bits per heavy atom. The van der Waals surface area contributed by atoms with Crippen LogP contribution in [0.5, 0.6) is 11.5 Å². The van der Waals surface area contributed by atoms with Crippen LogP contribution < -0.4 is 4.74 Å². The number of ether oxygens (including phenoxy) is 1. The minimum Gasteiger partial charge on any atom is -0.457 e. The zero-order chi connectivity index (χ0) is 24.3. The van der Waals surface area contributed by atoms with Crippen molar-refractivity contribution < 1.29 is 4.74 Å². The molecular weight excluding hydrogens is 440 g/mol. The summed E-state index contributed by atoms with van der Waals surface area (Å²) in [6.45, 7) is 4.54. The molecule has 0 saturated carbocycles. The fourth-order valence-corrected chi connectivity index (χ4v) is 5.37. The maximum absolute atomic E-state index is 6.26. The number of aromatic nitrogens is 2. The van der Waals surface area contributed by atoms with Crippen LogP contribution >= 0.6 is 0 Å². The monoisotopic (exact) mass is 464 g/mol. The molecule has 3 heteroatoms. The van der Waals surface area contributed by atoms with Gasteiger partial charge in [0.25, 0.3) is 0 Å². The second kappa shape index (κ2) is 7.76. The summed E-state index contributed by atoms with van der Waals surface area (Å²) in [5.74, 6) is 1.86. The van der Waals surface area contributed by atoms with Crippen molar-refractivity contribution in [2.24, 2.45) is 0 Å². The van der Waals surface area contributed by atoms with Crippen molar-refractivity contribution in [2.75, 3.05) is 0 Å². The number of rotatable bonds is 2. The molecule has 172 valence electrons. The van der Waals surface area contributed by atoms with Gasteiger partial charge >= 0.3 is 0 Å². The molecule has 4 aromatic carbocycles. The van der Waals surface area contributed by atoms with Crippen LogP contribution in [0.25, 0.3) is 44.2 Å². The van der Waals surface area contributed by atoms with Crippen LogP contribution in [0.15, 0.2) is 109 Å². The van der Waals surface area contributed by atoms with E-state index in [4.69, 9.17) is 9.72 Å². The topological polar surface area (TPSA) is 35.0 Å². The summed E-state index contributed by atoms with van der Waals surface area (Å²) in [7, 11) is 0. The zero-order valence-electron chi connectivity index (χ0n) is 20.2. The summed E-state index contributed by atoms with van der Waals surface area (Å²) in [5.41, 5.74) is 8.48. The lowest BCUT2D eigenvalue weighted by atomic mass is 9.75. The molecule has 0 saturated heterocycles. The van der Waals surface area contributed by atoms with Crippen LogP contribution in [0.4, 0.5) is 0 Å². The molecule has 1 aliphatic heterocycles. The molecule has 0 fully saturated rings. The minimum atomic E-state index is -0.147. The summed E-state index contributed by atoms with van der Waals surface area (Å²) in [6.07, 6.45) is 1.83. The van der Waals surface area contributed by atoms with Gasteiger partial charge in [0.1, 0.15) is 11.5 Å². The van der Waals surface area contributed by atoms with Crippen LogP contribution in [0.1, 0.15) is 25.0 Å². The number of nitrogens with zero attached hydrogens (tertiary/aromatic N) is 2. The Morgan fingerprint density at radius 1 is 0.583 bits per heavy atom. The van der Waals surface area contributed by atoms with Crippen molar-refractivity contribution in [3.05, 3.63) is 120 Å². The molecule has 36 heavy (non-hydrogen) atoms.